The van der Waals surface area contributed by atoms with Crippen molar-refractivity contribution < 1.29 is 13.2 Å². The van der Waals surface area contributed by atoms with Gasteiger partial charge in [0.2, 0.25) is 0 Å². The highest BCUT2D eigenvalue weighted by molar-refractivity contribution is 7.92. The molecule has 0 aliphatic carbocycles. The molecule has 116 valence electrons. The zero-order chi connectivity index (χ0) is 16.3. The van der Waals surface area contributed by atoms with Crippen LogP contribution in [0.25, 0.3) is 0 Å². The van der Waals surface area contributed by atoms with Gasteiger partial charge >= 0.3 is 0 Å². The normalized spacial score (nSPS) is 11.0. The van der Waals surface area contributed by atoms with Crippen LogP contribution < -0.4 is 4.72 Å². The van der Waals surface area contributed by atoms with Crippen molar-refractivity contribution >= 4 is 33.2 Å². The lowest BCUT2D eigenvalue weighted by molar-refractivity contribution is 0.0827. The van der Waals surface area contributed by atoms with Crippen molar-refractivity contribution in [1.29, 1.82) is 0 Å². The van der Waals surface area contributed by atoms with E-state index >= 15 is 0 Å². The third-order valence-electron chi connectivity index (χ3n) is 2.92. The second-order valence-electron chi connectivity index (χ2n) is 4.81. The summed E-state index contributed by atoms with van der Waals surface area (Å²) in [5.74, 6) is -0.209. The number of anilines is 1. The quantitative estimate of drug-likeness (QED) is 0.932. The Kier molecular flexibility index (Phi) is 4.73. The fourth-order valence-corrected chi connectivity index (χ4v) is 3.18. The number of nitrogens with zero attached hydrogens (tertiary/aromatic N) is 1. The molecule has 0 unspecified atom stereocenters. The topological polar surface area (TPSA) is 66.5 Å². The first-order valence-electron chi connectivity index (χ1n) is 6.40. The second-order valence-corrected chi connectivity index (χ2v) is 6.90. The zero-order valence-electron chi connectivity index (χ0n) is 12.1. The molecule has 5 nitrogen and oxygen atoms in total. The molecule has 1 N–H and O–H groups in total. The Labute approximate surface area is 134 Å². The summed E-state index contributed by atoms with van der Waals surface area (Å²) < 4.78 is 26.9. The molecule has 2 aromatic rings. The number of benzene rings is 2. The summed E-state index contributed by atoms with van der Waals surface area (Å²) in [5.41, 5.74) is 0.610. The van der Waals surface area contributed by atoms with Crippen LogP contribution in [0, 0.1) is 0 Å². The van der Waals surface area contributed by atoms with Gasteiger partial charge in [-0.2, -0.15) is 0 Å². The van der Waals surface area contributed by atoms with Gasteiger partial charge in [-0.15, -0.1) is 0 Å². The van der Waals surface area contributed by atoms with Crippen molar-refractivity contribution in [1.82, 2.24) is 4.90 Å². The van der Waals surface area contributed by atoms with Crippen molar-refractivity contribution in [3.63, 3.8) is 0 Å². The third-order valence-corrected chi connectivity index (χ3v) is 4.61. The average Bonchev–Trinajstić information content (AvgIpc) is 2.49. The lowest BCUT2D eigenvalue weighted by Gasteiger charge is -2.13. The van der Waals surface area contributed by atoms with Gasteiger partial charge in [0.25, 0.3) is 15.9 Å². The van der Waals surface area contributed by atoms with E-state index in [1.807, 2.05) is 0 Å². The van der Waals surface area contributed by atoms with Crippen LogP contribution in [0.15, 0.2) is 53.4 Å². The molecule has 1 amide bonds. The van der Waals surface area contributed by atoms with E-state index in [1.54, 1.807) is 32.3 Å². The van der Waals surface area contributed by atoms with Crippen molar-refractivity contribution in [3.05, 3.63) is 59.1 Å². The van der Waals surface area contributed by atoms with E-state index in [4.69, 9.17) is 11.6 Å². The lowest BCUT2D eigenvalue weighted by atomic mass is 10.2. The number of carbonyl (C=O) groups excluding carboxylic acids is 1. The maximum absolute atomic E-state index is 12.2. The monoisotopic (exact) mass is 338 g/mol. The largest absolute Gasteiger partial charge is 0.345 e. The van der Waals surface area contributed by atoms with Gasteiger partial charge in [-0.3, -0.25) is 9.52 Å². The third kappa shape index (κ3) is 3.58. The van der Waals surface area contributed by atoms with Gasteiger partial charge in [0.05, 0.1) is 15.6 Å². The van der Waals surface area contributed by atoms with Crippen molar-refractivity contribution in [3.8, 4) is 0 Å². The fraction of sp³-hybridized carbons (Fsp3) is 0.133. The van der Waals surface area contributed by atoms with Crippen molar-refractivity contribution in [2.24, 2.45) is 0 Å². The molecule has 22 heavy (non-hydrogen) atoms. The minimum absolute atomic E-state index is 0.138. The molecule has 7 heteroatoms. The molecule has 0 fully saturated rings. The number of hydrogen-bond acceptors (Lipinski definition) is 3. The Morgan fingerprint density at radius 2 is 1.73 bits per heavy atom. The van der Waals surface area contributed by atoms with E-state index in [0.717, 1.165) is 0 Å². The highest BCUT2D eigenvalue weighted by Crippen LogP contribution is 2.26. The van der Waals surface area contributed by atoms with Gasteiger partial charge in [0.15, 0.2) is 0 Å². The Balaban J connectivity index is 2.30. The lowest BCUT2D eigenvalue weighted by Crippen LogP contribution is -2.21. The van der Waals surface area contributed by atoms with E-state index in [9.17, 15) is 13.2 Å². The van der Waals surface area contributed by atoms with Gasteiger partial charge in [-0.1, -0.05) is 29.8 Å². The minimum atomic E-state index is -3.72. The summed E-state index contributed by atoms with van der Waals surface area (Å²) in [6.07, 6.45) is 0. The number of nitrogens with one attached hydrogen (secondary N) is 1. The van der Waals surface area contributed by atoms with Gasteiger partial charge in [0, 0.05) is 19.7 Å². The number of carbonyl (C=O) groups is 1. The van der Waals surface area contributed by atoms with Gasteiger partial charge in [0.1, 0.15) is 0 Å². The minimum Gasteiger partial charge on any atom is -0.345 e. The van der Waals surface area contributed by atoms with Crippen LogP contribution >= 0.6 is 11.6 Å². The first kappa shape index (κ1) is 16.3. The van der Waals surface area contributed by atoms with Gasteiger partial charge in [-0.05, 0) is 30.3 Å². The SMILES string of the molecule is CN(C)C(=O)c1ccc(NS(=O)(=O)c2ccccc2)c(Cl)c1. The van der Waals surface area contributed by atoms with E-state index in [0.29, 0.717) is 5.56 Å². The number of amides is 1. The zero-order valence-corrected chi connectivity index (χ0v) is 13.6. The molecule has 0 radical (unpaired) electrons. The van der Waals surface area contributed by atoms with Crippen LogP contribution in [0.1, 0.15) is 10.4 Å². The molecule has 0 aliphatic rings. The van der Waals surface area contributed by atoms with Crippen LogP contribution in [0.5, 0.6) is 0 Å². The number of halogens is 1. The predicted octanol–water partition coefficient (Wildman–Crippen LogP) is 2.84. The summed E-state index contributed by atoms with van der Waals surface area (Å²) in [5, 5.41) is 0.159. The van der Waals surface area contributed by atoms with Crippen LogP contribution in [-0.4, -0.2) is 33.3 Å². The molecule has 0 atom stereocenters. The van der Waals surface area contributed by atoms with Crippen molar-refractivity contribution in [2.45, 2.75) is 4.90 Å². The molecular weight excluding hydrogens is 324 g/mol. The number of rotatable bonds is 4. The molecule has 0 spiro atoms. The Bertz CT molecular complexity index is 790. The van der Waals surface area contributed by atoms with Gasteiger partial charge in [-0.25, -0.2) is 8.42 Å². The maximum Gasteiger partial charge on any atom is 0.261 e. The van der Waals surface area contributed by atoms with Gasteiger partial charge < -0.3 is 4.90 Å². The average molecular weight is 339 g/mol. The molecule has 0 bridgehead atoms. The van der Waals surface area contributed by atoms with E-state index < -0.39 is 10.0 Å². The van der Waals surface area contributed by atoms with Crippen LogP contribution in [0.3, 0.4) is 0 Å². The summed E-state index contributed by atoms with van der Waals surface area (Å²) in [6, 6.07) is 12.4. The summed E-state index contributed by atoms with van der Waals surface area (Å²) in [4.78, 5) is 13.4. The molecule has 0 aromatic heterocycles. The molecule has 2 rings (SSSR count). The summed E-state index contributed by atoms with van der Waals surface area (Å²) >= 11 is 6.07. The standard InChI is InChI=1S/C15H15ClN2O3S/c1-18(2)15(19)11-8-9-14(13(16)10-11)17-22(20,21)12-6-4-3-5-7-12/h3-10,17H,1-2H3. The van der Waals surface area contributed by atoms with E-state index in [-0.39, 0.29) is 21.5 Å². The molecule has 0 aliphatic heterocycles. The van der Waals surface area contributed by atoms with E-state index in [1.165, 1.54) is 35.2 Å². The molecule has 0 saturated heterocycles. The highest BCUT2D eigenvalue weighted by atomic mass is 35.5. The number of sulfonamides is 1. The first-order valence-corrected chi connectivity index (χ1v) is 8.26. The molecule has 2 aromatic carbocycles. The van der Waals surface area contributed by atoms with Crippen molar-refractivity contribution in [2.75, 3.05) is 18.8 Å². The number of hydrogen-bond donors (Lipinski definition) is 1. The maximum atomic E-state index is 12.2. The Morgan fingerprint density at radius 3 is 2.27 bits per heavy atom. The van der Waals surface area contributed by atoms with Crippen LogP contribution in [-0.2, 0) is 10.0 Å². The smallest absolute Gasteiger partial charge is 0.261 e. The molecule has 0 saturated carbocycles. The second kappa shape index (κ2) is 6.37. The predicted molar refractivity (Wildman–Crippen MR) is 86.7 cm³/mol. The Hall–Kier alpha value is -2.05. The fourth-order valence-electron chi connectivity index (χ4n) is 1.79. The summed E-state index contributed by atoms with van der Waals surface area (Å²) in [7, 11) is -0.461. The molecule has 0 heterocycles. The van der Waals surface area contributed by atoms with E-state index in [2.05, 4.69) is 4.72 Å². The first-order chi connectivity index (χ1) is 10.3. The summed E-state index contributed by atoms with van der Waals surface area (Å²) in [6.45, 7) is 0. The van der Waals surface area contributed by atoms with Crippen LogP contribution in [0.2, 0.25) is 5.02 Å². The highest BCUT2D eigenvalue weighted by Gasteiger charge is 2.16. The van der Waals surface area contributed by atoms with Crippen LogP contribution in [0.4, 0.5) is 5.69 Å². The Morgan fingerprint density at radius 1 is 1.09 bits per heavy atom. The molecular formula is C15H15ClN2O3S.